The standard InChI is InChI=1S/C15H15N3O3/c1-10-12(15(20)21)4-5-13(18-10)14(19)17-8-6-11-3-2-7-16-9-11/h2-5,7,9H,6,8H2,1H3,(H,17,19)(H,20,21). The van der Waals surface area contributed by atoms with Crippen molar-refractivity contribution < 1.29 is 14.7 Å². The second-order valence-electron chi connectivity index (χ2n) is 4.50. The molecule has 6 nitrogen and oxygen atoms in total. The van der Waals surface area contributed by atoms with Crippen molar-refractivity contribution in [2.24, 2.45) is 0 Å². The molecule has 0 aliphatic carbocycles. The number of hydrogen-bond acceptors (Lipinski definition) is 4. The zero-order chi connectivity index (χ0) is 15.2. The Bertz CT molecular complexity index is 656. The van der Waals surface area contributed by atoms with Gasteiger partial charge in [-0.05, 0) is 37.1 Å². The zero-order valence-corrected chi connectivity index (χ0v) is 11.5. The molecule has 0 saturated carbocycles. The van der Waals surface area contributed by atoms with Crippen molar-refractivity contribution >= 4 is 11.9 Å². The highest BCUT2D eigenvalue weighted by Crippen LogP contribution is 2.07. The van der Waals surface area contributed by atoms with Gasteiger partial charge in [-0.3, -0.25) is 9.78 Å². The summed E-state index contributed by atoms with van der Waals surface area (Å²) in [5.41, 5.74) is 1.66. The van der Waals surface area contributed by atoms with Crippen LogP contribution in [0.4, 0.5) is 0 Å². The second kappa shape index (κ2) is 6.60. The average molecular weight is 285 g/mol. The molecule has 2 aromatic rings. The molecule has 108 valence electrons. The van der Waals surface area contributed by atoms with Gasteiger partial charge in [-0.25, -0.2) is 9.78 Å². The largest absolute Gasteiger partial charge is 0.478 e. The van der Waals surface area contributed by atoms with E-state index >= 15 is 0 Å². The van der Waals surface area contributed by atoms with Crippen LogP contribution in [0.25, 0.3) is 0 Å². The third kappa shape index (κ3) is 3.85. The molecule has 0 atom stereocenters. The van der Waals surface area contributed by atoms with Gasteiger partial charge in [-0.1, -0.05) is 6.07 Å². The number of nitrogens with zero attached hydrogens (tertiary/aromatic N) is 2. The lowest BCUT2D eigenvalue weighted by molar-refractivity contribution is 0.0694. The van der Waals surface area contributed by atoms with Crippen LogP contribution in [-0.2, 0) is 6.42 Å². The van der Waals surface area contributed by atoms with Gasteiger partial charge in [0.2, 0.25) is 0 Å². The first kappa shape index (κ1) is 14.6. The monoisotopic (exact) mass is 285 g/mol. The number of carboxylic acids is 1. The number of carbonyl (C=O) groups excluding carboxylic acids is 1. The van der Waals surface area contributed by atoms with Gasteiger partial charge < -0.3 is 10.4 Å². The summed E-state index contributed by atoms with van der Waals surface area (Å²) >= 11 is 0. The van der Waals surface area contributed by atoms with Gasteiger partial charge in [-0.2, -0.15) is 0 Å². The molecule has 0 aliphatic heterocycles. The topological polar surface area (TPSA) is 92.2 Å². The Hall–Kier alpha value is -2.76. The first-order chi connectivity index (χ1) is 10.1. The molecule has 0 radical (unpaired) electrons. The van der Waals surface area contributed by atoms with E-state index in [1.165, 1.54) is 12.1 Å². The number of pyridine rings is 2. The summed E-state index contributed by atoms with van der Waals surface area (Å²) in [7, 11) is 0. The van der Waals surface area contributed by atoms with Gasteiger partial charge in [0.05, 0.1) is 11.3 Å². The van der Waals surface area contributed by atoms with Crippen LogP contribution in [-0.4, -0.2) is 33.5 Å². The van der Waals surface area contributed by atoms with Gasteiger partial charge in [0, 0.05) is 18.9 Å². The van der Waals surface area contributed by atoms with E-state index < -0.39 is 5.97 Å². The molecular formula is C15H15N3O3. The van der Waals surface area contributed by atoms with E-state index in [1.807, 2.05) is 12.1 Å². The van der Waals surface area contributed by atoms with Crippen LogP contribution in [0, 0.1) is 6.92 Å². The Morgan fingerprint density at radius 1 is 1.29 bits per heavy atom. The third-order valence-corrected chi connectivity index (χ3v) is 2.97. The van der Waals surface area contributed by atoms with Crippen molar-refractivity contribution in [3.05, 3.63) is 59.2 Å². The Morgan fingerprint density at radius 3 is 2.71 bits per heavy atom. The fraction of sp³-hybridized carbons (Fsp3) is 0.200. The van der Waals surface area contributed by atoms with Crippen LogP contribution >= 0.6 is 0 Å². The van der Waals surface area contributed by atoms with E-state index in [0.717, 1.165) is 5.56 Å². The van der Waals surface area contributed by atoms with Crippen molar-refractivity contribution in [2.75, 3.05) is 6.54 Å². The van der Waals surface area contributed by atoms with Crippen molar-refractivity contribution in [2.45, 2.75) is 13.3 Å². The summed E-state index contributed by atoms with van der Waals surface area (Å²) in [6.07, 6.45) is 4.11. The number of aryl methyl sites for hydroxylation is 1. The molecule has 2 heterocycles. The molecule has 1 amide bonds. The minimum Gasteiger partial charge on any atom is -0.478 e. The van der Waals surface area contributed by atoms with E-state index in [4.69, 9.17) is 5.11 Å². The van der Waals surface area contributed by atoms with Crippen LogP contribution in [0.15, 0.2) is 36.7 Å². The summed E-state index contributed by atoms with van der Waals surface area (Å²) in [4.78, 5) is 30.8. The molecule has 0 unspecified atom stereocenters. The molecule has 0 fully saturated rings. The number of aromatic carboxylic acids is 1. The maximum absolute atomic E-state index is 11.9. The summed E-state index contributed by atoms with van der Waals surface area (Å²) in [5, 5.41) is 11.7. The molecule has 2 rings (SSSR count). The molecular weight excluding hydrogens is 270 g/mol. The number of hydrogen-bond donors (Lipinski definition) is 2. The highest BCUT2D eigenvalue weighted by Gasteiger charge is 2.12. The molecule has 0 saturated heterocycles. The Morgan fingerprint density at radius 2 is 2.10 bits per heavy atom. The minimum absolute atomic E-state index is 0.0990. The third-order valence-electron chi connectivity index (χ3n) is 2.97. The van der Waals surface area contributed by atoms with Gasteiger partial charge >= 0.3 is 5.97 Å². The van der Waals surface area contributed by atoms with Crippen molar-refractivity contribution in [1.82, 2.24) is 15.3 Å². The number of nitrogens with one attached hydrogen (secondary N) is 1. The quantitative estimate of drug-likeness (QED) is 0.867. The summed E-state index contributed by atoms with van der Waals surface area (Å²) < 4.78 is 0. The van der Waals surface area contributed by atoms with Gasteiger partial charge in [0.1, 0.15) is 5.69 Å². The summed E-state index contributed by atoms with van der Waals surface area (Å²) in [6.45, 7) is 2.03. The predicted molar refractivity (Wildman–Crippen MR) is 76.2 cm³/mol. The number of amides is 1. The normalized spacial score (nSPS) is 10.1. The number of carboxylic acid groups (broad SMARTS) is 1. The van der Waals surface area contributed by atoms with Gasteiger partial charge in [0.15, 0.2) is 0 Å². The van der Waals surface area contributed by atoms with Crippen molar-refractivity contribution in [3.8, 4) is 0 Å². The summed E-state index contributed by atoms with van der Waals surface area (Å²) in [6, 6.07) is 6.58. The van der Waals surface area contributed by atoms with Gasteiger partial charge in [0.25, 0.3) is 5.91 Å². The lowest BCUT2D eigenvalue weighted by Gasteiger charge is -2.06. The Kier molecular flexibility index (Phi) is 4.61. The van der Waals surface area contributed by atoms with E-state index in [9.17, 15) is 9.59 Å². The van der Waals surface area contributed by atoms with E-state index in [1.54, 1.807) is 19.3 Å². The van der Waals surface area contributed by atoms with Gasteiger partial charge in [-0.15, -0.1) is 0 Å². The van der Waals surface area contributed by atoms with Crippen LogP contribution in [0.2, 0.25) is 0 Å². The Balaban J connectivity index is 1.94. The van der Waals surface area contributed by atoms with Crippen LogP contribution < -0.4 is 5.32 Å². The zero-order valence-electron chi connectivity index (χ0n) is 11.5. The number of rotatable bonds is 5. The molecule has 0 bridgehead atoms. The predicted octanol–water partition coefficient (Wildman–Crippen LogP) is 1.46. The fourth-order valence-corrected chi connectivity index (χ4v) is 1.87. The van der Waals surface area contributed by atoms with E-state index in [0.29, 0.717) is 18.7 Å². The molecule has 2 aromatic heterocycles. The van der Waals surface area contributed by atoms with Crippen molar-refractivity contribution in [1.29, 1.82) is 0 Å². The second-order valence-corrected chi connectivity index (χ2v) is 4.50. The lowest BCUT2D eigenvalue weighted by Crippen LogP contribution is -2.27. The average Bonchev–Trinajstić information content (AvgIpc) is 2.47. The first-order valence-corrected chi connectivity index (χ1v) is 6.46. The molecule has 0 spiro atoms. The molecule has 0 aliphatic rings. The van der Waals surface area contributed by atoms with Crippen LogP contribution in [0.1, 0.15) is 32.1 Å². The van der Waals surface area contributed by atoms with Crippen LogP contribution in [0.3, 0.4) is 0 Å². The molecule has 6 heteroatoms. The van der Waals surface area contributed by atoms with Crippen LogP contribution in [0.5, 0.6) is 0 Å². The molecule has 21 heavy (non-hydrogen) atoms. The number of aromatic nitrogens is 2. The van der Waals surface area contributed by atoms with E-state index in [2.05, 4.69) is 15.3 Å². The minimum atomic E-state index is -1.05. The maximum Gasteiger partial charge on any atom is 0.337 e. The van der Waals surface area contributed by atoms with E-state index in [-0.39, 0.29) is 17.2 Å². The molecule has 0 aromatic carbocycles. The lowest BCUT2D eigenvalue weighted by atomic mass is 10.2. The van der Waals surface area contributed by atoms with Crippen molar-refractivity contribution in [3.63, 3.8) is 0 Å². The smallest absolute Gasteiger partial charge is 0.337 e. The first-order valence-electron chi connectivity index (χ1n) is 6.46. The molecule has 2 N–H and O–H groups in total. The SMILES string of the molecule is Cc1nc(C(=O)NCCc2cccnc2)ccc1C(=O)O. The highest BCUT2D eigenvalue weighted by molar-refractivity contribution is 5.94. The highest BCUT2D eigenvalue weighted by atomic mass is 16.4. The summed E-state index contributed by atoms with van der Waals surface area (Å²) in [5.74, 6) is -1.37. The maximum atomic E-state index is 11.9. The Labute approximate surface area is 121 Å². The fourth-order valence-electron chi connectivity index (χ4n) is 1.87. The number of carbonyl (C=O) groups is 2.